The third-order valence-electron chi connectivity index (χ3n) is 4.87. The highest BCUT2D eigenvalue weighted by Crippen LogP contribution is 2.30. The van der Waals surface area contributed by atoms with Crippen LogP contribution >= 0.6 is 11.6 Å². The molecule has 3 aromatic carbocycles. The average molecular weight is 426 g/mol. The first kappa shape index (κ1) is 22.2. The van der Waals surface area contributed by atoms with Gasteiger partial charge in [-0.3, -0.25) is 0 Å². The van der Waals surface area contributed by atoms with E-state index in [1.54, 1.807) is 0 Å². The third kappa shape index (κ3) is 6.77. The molecule has 0 saturated carbocycles. The maximum absolute atomic E-state index is 9.26. The fraction of sp³-hybridized carbons (Fsp3) is 0.280. The van der Waals surface area contributed by atoms with Gasteiger partial charge < -0.3 is 20.3 Å². The van der Waals surface area contributed by atoms with Gasteiger partial charge in [0.2, 0.25) is 0 Å². The third-order valence-corrected chi connectivity index (χ3v) is 5.22. The van der Waals surface area contributed by atoms with Crippen molar-refractivity contribution >= 4 is 11.6 Å². The molecule has 3 aromatic rings. The van der Waals surface area contributed by atoms with Crippen LogP contribution in [-0.2, 0) is 13.0 Å². The van der Waals surface area contributed by atoms with Crippen LogP contribution in [0.2, 0.25) is 5.02 Å². The summed E-state index contributed by atoms with van der Waals surface area (Å²) < 4.78 is 11.8. The van der Waals surface area contributed by atoms with Crippen LogP contribution in [0.25, 0.3) is 0 Å². The van der Waals surface area contributed by atoms with Crippen molar-refractivity contribution in [3.05, 3.63) is 88.9 Å². The van der Waals surface area contributed by atoms with Crippen molar-refractivity contribution in [3.63, 3.8) is 0 Å². The molecule has 0 aromatic heterocycles. The molecule has 0 saturated heterocycles. The first-order chi connectivity index (χ1) is 14.4. The van der Waals surface area contributed by atoms with Crippen molar-refractivity contribution in [2.24, 2.45) is 5.73 Å². The van der Waals surface area contributed by atoms with Gasteiger partial charge in [0.05, 0.1) is 6.61 Å². The van der Waals surface area contributed by atoms with E-state index in [0.717, 1.165) is 36.1 Å². The predicted molar refractivity (Wildman–Crippen MR) is 121 cm³/mol. The Bertz CT molecular complexity index is 944. The van der Waals surface area contributed by atoms with Crippen molar-refractivity contribution in [2.75, 3.05) is 6.61 Å². The molecule has 4 nitrogen and oxygen atoms in total. The van der Waals surface area contributed by atoms with Crippen LogP contribution < -0.4 is 15.2 Å². The Labute approximate surface area is 183 Å². The molecule has 0 radical (unpaired) electrons. The van der Waals surface area contributed by atoms with Gasteiger partial charge in [-0.05, 0) is 61.6 Å². The topological polar surface area (TPSA) is 64.7 Å². The molecule has 0 bridgehead atoms. The van der Waals surface area contributed by atoms with E-state index in [9.17, 15) is 5.11 Å². The van der Waals surface area contributed by atoms with Crippen LogP contribution in [0.4, 0.5) is 0 Å². The van der Waals surface area contributed by atoms with Gasteiger partial charge in [0.1, 0.15) is 23.9 Å². The van der Waals surface area contributed by atoms with E-state index >= 15 is 0 Å². The summed E-state index contributed by atoms with van der Waals surface area (Å²) in [7, 11) is 0. The lowest BCUT2D eigenvalue weighted by Gasteiger charge is -2.21. The summed E-state index contributed by atoms with van der Waals surface area (Å²) in [5.74, 6) is 2.10. The molecule has 0 aliphatic carbocycles. The minimum Gasteiger partial charge on any atom is -0.489 e. The zero-order chi connectivity index (χ0) is 21.4. The number of benzene rings is 3. The average Bonchev–Trinajstić information content (AvgIpc) is 2.75. The minimum atomic E-state index is -0.552. The first-order valence-corrected chi connectivity index (χ1v) is 10.5. The summed E-state index contributed by atoms with van der Waals surface area (Å²) in [4.78, 5) is 0. The highest BCUT2D eigenvalue weighted by Gasteiger charge is 2.16. The van der Waals surface area contributed by atoms with E-state index in [-0.39, 0.29) is 6.61 Å². The summed E-state index contributed by atoms with van der Waals surface area (Å²) >= 11 is 6.44. The predicted octanol–water partition coefficient (Wildman–Crippen LogP) is 5.74. The highest BCUT2D eigenvalue weighted by atomic mass is 35.5. The number of ether oxygens (including phenoxy) is 2. The molecular weight excluding hydrogens is 398 g/mol. The summed E-state index contributed by atoms with van der Waals surface area (Å²) in [5.41, 5.74) is 7.58. The minimum absolute atomic E-state index is 0.0262. The Morgan fingerprint density at radius 2 is 1.67 bits per heavy atom. The standard InChI is InChI=1S/C25H28ClNO3/c1-25(27,18-28)14-6-9-20-12-13-23(16-24(20)26)30-22-11-5-10-21(15-22)29-17-19-7-3-2-4-8-19/h2-5,7-8,10-13,15-16,28H,6,9,14,17-18,27H2,1H3/t25-/m1/s1. The van der Waals surface area contributed by atoms with Gasteiger partial charge in [0, 0.05) is 16.6 Å². The maximum Gasteiger partial charge on any atom is 0.131 e. The van der Waals surface area contributed by atoms with Crippen LogP contribution in [0.3, 0.4) is 0 Å². The molecule has 0 spiro atoms. The molecule has 5 heteroatoms. The van der Waals surface area contributed by atoms with Crippen LogP contribution in [0, 0.1) is 0 Å². The highest BCUT2D eigenvalue weighted by molar-refractivity contribution is 6.31. The van der Waals surface area contributed by atoms with E-state index in [1.165, 1.54) is 0 Å². The Morgan fingerprint density at radius 1 is 0.933 bits per heavy atom. The molecule has 30 heavy (non-hydrogen) atoms. The number of nitrogens with two attached hydrogens (primary N) is 1. The molecule has 0 aliphatic heterocycles. The second-order valence-electron chi connectivity index (χ2n) is 7.77. The molecule has 0 aliphatic rings. The maximum atomic E-state index is 9.26. The molecule has 1 atom stereocenters. The molecule has 158 valence electrons. The van der Waals surface area contributed by atoms with Crippen LogP contribution in [-0.4, -0.2) is 17.3 Å². The van der Waals surface area contributed by atoms with Crippen LogP contribution in [0.5, 0.6) is 17.2 Å². The summed E-state index contributed by atoms with van der Waals surface area (Å²) in [5, 5.41) is 9.92. The number of hydrogen-bond acceptors (Lipinski definition) is 4. The lowest BCUT2D eigenvalue weighted by molar-refractivity contribution is 0.198. The van der Waals surface area contributed by atoms with Gasteiger partial charge in [0.15, 0.2) is 0 Å². The van der Waals surface area contributed by atoms with Crippen molar-refractivity contribution in [1.82, 2.24) is 0 Å². The molecule has 0 amide bonds. The van der Waals surface area contributed by atoms with Gasteiger partial charge in [-0.1, -0.05) is 54.1 Å². The number of aliphatic hydroxyl groups excluding tert-OH is 1. The van der Waals surface area contributed by atoms with E-state index in [2.05, 4.69) is 0 Å². The lowest BCUT2D eigenvalue weighted by atomic mass is 9.95. The fourth-order valence-corrected chi connectivity index (χ4v) is 3.33. The normalized spacial score (nSPS) is 12.9. The van der Waals surface area contributed by atoms with Crippen LogP contribution in [0.15, 0.2) is 72.8 Å². The molecular formula is C25H28ClNO3. The number of hydrogen-bond donors (Lipinski definition) is 2. The number of rotatable bonds is 10. The van der Waals surface area contributed by atoms with Gasteiger partial charge in [-0.15, -0.1) is 0 Å². The molecule has 0 unspecified atom stereocenters. The largest absolute Gasteiger partial charge is 0.489 e. The van der Waals surface area contributed by atoms with E-state index in [4.69, 9.17) is 26.8 Å². The lowest BCUT2D eigenvalue weighted by Crippen LogP contribution is -2.40. The van der Waals surface area contributed by atoms with Crippen LogP contribution in [0.1, 0.15) is 30.9 Å². The van der Waals surface area contributed by atoms with Crippen molar-refractivity contribution < 1.29 is 14.6 Å². The second-order valence-corrected chi connectivity index (χ2v) is 8.18. The molecule has 0 fully saturated rings. The number of halogens is 1. The zero-order valence-electron chi connectivity index (χ0n) is 17.2. The summed E-state index contributed by atoms with van der Waals surface area (Å²) in [6.45, 7) is 2.33. The fourth-order valence-electron chi connectivity index (χ4n) is 3.06. The second kappa shape index (κ2) is 10.5. The van der Waals surface area contributed by atoms with Gasteiger partial charge in [0.25, 0.3) is 0 Å². The van der Waals surface area contributed by atoms with Crippen molar-refractivity contribution in [1.29, 1.82) is 0 Å². The number of aryl methyl sites for hydroxylation is 1. The van der Waals surface area contributed by atoms with Gasteiger partial charge >= 0.3 is 0 Å². The zero-order valence-corrected chi connectivity index (χ0v) is 17.9. The van der Waals surface area contributed by atoms with Gasteiger partial charge in [-0.25, -0.2) is 0 Å². The first-order valence-electron chi connectivity index (χ1n) is 10.1. The van der Waals surface area contributed by atoms with E-state index < -0.39 is 5.54 Å². The van der Waals surface area contributed by atoms with Gasteiger partial charge in [-0.2, -0.15) is 0 Å². The summed E-state index contributed by atoms with van der Waals surface area (Å²) in [6, 6.07) is 23.3. The SMILES string of the molecule is C[C@](N)(CO)CCCc1ccc(Oc2cccc(OCc3ccccc3)c2)cc1Cl. The van der Waals surface area contributed by atoms with Crippen molar-refractivity contribution in [2.45, 2.75) is 38.3 Å². The van der Waals surface area contributed by atoms with E-state index in [1.807, 2.05) is 79.7 Å². The molecule has 3 N–H and O–H groups in total. The Hall–Kier alpha value is -2.53. The summed E-state index contributed by atoms with van der Waals surface area (Å²) in [6.07, 6.45) is 2.39. The molecule has 0 heterocycles. The Morgan fingerprint density at radius 3 is 2.40 bits per heavy atom. The molecule has 3 rings (SSSR count). The Balaban J connectivity index is 1.57. The quantitative estimate of drug-likeness (QED) is 0.434. The number of aliphatic hydroxyl groups is 1. The van der Waals surface area contributed by atoms with Crippen molar-refractivity contribution in [3.8, 4) is 17.2 Å². The van der Waals surface area contributed by atoms with E-state index in [0.29, 0.717) is 23.1 Å². The smallest absolute Gasteiger partial charge is 0.131 e. The Kier molecular flexibility index (Phi) is 7.75. The monoisotopic (exact) mass is 425 g/mol.